The summed E-state index contributed by atoms with van der Waals surface area (Å²) in [5.74, 6) is -0.190. The average molecular weight is 306 g/mol. The molecule has 1 unspecified atom stereocenters. The van der Waals surface area contributed by atoms with Gasteiger partial charge in [0.2, 0.25) is 0 Å². The molecule has 0 aliphatic heterocycles. The molecule has 0 amide bonds. The Kier molecular flexibility index (Phi) is 4.79. The van der Waals surface area contributed by atoms with Gasteiger partial charge in [-0.2, -0.15) is 0 Å². The Morgan fingerprint density at radius 3 is 2.62 bits per heavy atom. The normalized spacial score (nSPS) is 13.4. The summed E-state index contributed by atoms with van der Waals surface area (Å²) in [5, 5.41) is 6.36. The third kappa shape index (κ3) is 3.89. The predicted octanol–water partition coefficient (Wildman–Crippen LogP) is 4.45. The van der Waals surface area contributed by atoms with Gasteiger partial charge in [-0.05, 0) is 37.2 Å². The Bertz CT molecular complexity index is 613. The molecule has 0 saturated carbocycles. The van der Waals surface area contributed by atoms with Crippen LogP contribution in [0.15, 0.2) is 23.6 Å². The third-order valence-corrected chi connectivity index (χ3v) is 4.52. The largest absolute Gasteiger partial charge is 0.313 e. The number of nitrogens with one attached hydrogen (secondary N) is 1. The molecule has 0 aliphatic carbocycles. The van der Waals surface area contributed by atoms with Crippen molar-refractivity contribution in [3.63, 3.8) is 0 Å². The van der Waals surface area contributed by atoms with E-state index in [1.165, 1.54) is 6.07 Å². The van der Waals surface area contributed by atoms with E-state index in [0.29, 0.717) is 6.42 Å². The lowest BCUT2D eigenvalue weighted by Gasteiger charge is -2.16. The highest BCUT2D eigenvalue weighted by Crippen LogP contribution is 2.27. The molecule has 1 N–H and O–H groups in total. The van der Waals surface area contributed by atoms with Crippen LogP contribution in [0.2, 0.25) is 0 Å². The number of halogens is 1. The number of nitrogens with zero attached hydrogens (tertiary/aromatic N) is 1. The van der Waals surface area contributed by atoms with Crippen molar-refractivity contribution in [2.24, 2.45) is 0 Å². The van der Waals surface area contributed by atoms with Gasteiger partial charge in [-0.25, -0.2) is 9.37 Å². The summed E-state index contributed by atoms with van der Waals surface area (Å²) >= 11 is 1.65. The molecule has 1 atom stereocenters. The lowest BCUT2D eigenvalue weighted by Crippen LogP contribution is -2.15. The first-order valence-corrected chi connectivity index (χ1v) is 8.09. The molecule has 0 spiro atoms. The topological polar surface area (TPSA) is 24.9 Å². The summed E-state index contributed by atoms with van der Waals surface area (Å²) in [6.45, 7) is 8.55. The molecule has 0 bridgehead atoms. The molecule has 0 radical (unpaired) electrons. The van der Waals surface area contributed by atoms with Crippen LogP contribution in [-0.4, -0.2) is 12.0 Å². The minimum absolute atomic E-state index is 0.0534. The zero-order chi connectivity index (χ0) is 15.6. The Morgan fingerprint density at radius 1 is 1.33 bits per heavy atom. The van der Waals surface area contributed by atoms with E-state index in [1.54, 1.807) is 17.4 Å². The Balaban J connectivity index is 2.30. The standard InChI is InChI=1S/C17H23FN2S/c1-11(19-5)14-7-6-13(18)8-12(14)9-16-20-15(10-21-16)17(2,3)4/h6-8,10-11,19H,9H2,1-5H3. The maximum absolute atomic E-state index is 13.6. The van der Waals surface area contributed by atoms with Gasteiger partial charge in [0, 0.05) is 23.3 Å². The number of aromatic nitrogens is 1. The van der Waals surface area contributed by atoms with E-state index in [9.17, 15) is 4.39 Å². The molecule has 2 aromatic rings. The lowest BCUT2D eigenvalue weighted by molar-refractivity contribution is 0.571. The molecule has 2 rings (SSSR count). The summed E-state index contributed by atoms with van der Waals surface area (Å²) in [6, 6.07) is 5.21. The smallest absolute Gasteiger partial charge is 0.123 e. The fourth-order valence-corrected chi connectivity index (χ4v) is 3.25. The van der Waals surface area contributed by atoms with E-state index in [0.717, 1.165) is 21.8 Å². The first-order valence-electron chi connectivity index (χ1n) is 7.21. The number of hydrogen-bond acceptors (Lipinski definition) is 3. The second-order valence-corrected chi connectivity index (χ2v) is 7.35. The van der Waals surface area contributed by atoms with Crippen LogP contribution in [0.25, 0.3) is 0 Å². The Morgan fingerprint density at radius 2 is 2.05 bits per heavy atom. The van der Waals surface area contributed by atoms with Crippen molar-refractivity contribution in [3.05, 3.63) is 51.2 Å². The van der Waals surface area contributed by atoms with Crippen LogP contribution in [-0.2, 0) is 11.8 Å². The monoisotopic (exact) mass is 306 g/mol. The van der Waals surface area contributed by atoms with Crippen LogP contribution in [0.5, 0.6) is 0 Å². The SMILES string of the molecule is CNC(C)c1ccc(F)cc1Cc1nc(C(C)(C)C)cs1. The summed E-state index contributed by atoms with van der Waals surface area (Å²) in [4.78, 5) is 4.71. The summed E-state index contributed by atoms with van der Waals surface area (Å²) in [7, 11) is 1.92. The zero-order valence-electron chi connectivity index (χ0n) is 13.3. The molecule has 1 aromatic heterocycles. The Labute approximate surface area is 130 Å². The van der Waals surface area contributed by atoms with E-state index in [4.69, 9.17) is 4.98 Å². The molecular weight excluding hydrogens is 283 g/mol. The minimum Gasteiger partial charge on any atom is -0.313 e. The fourth-order valence-electron chi connectivity index (χ4n) is 2.20. The summed E-state index contributed by atoms with van der Waals surface area (Å²) in [5.41, 5.74) is 3.29. The molecule has 4 heteroatoms. The highest BCUT2D eigenvalue weighted by Gasteiger charge is 2.18. The second kappa shape index (κ2) is 6.24. The van der Waals surface area contributed by atoms with Crippen LogP contribution in [0.4, 0.5) is 4.39 Å². The molecule has 1 aromatic carbocycles. The van der Waals surface area contributed by atoms with Crippen molar-refractivity contribution >= 4 is 11.3 Å². The number of rotatable bonds is 4. The molecule has 0 saturated heterocycles. The average Bonchev–Trinajstić information content (AvgIpc) is 2.86. The zero-order valence-corrected chi connectivity index (χ0v) is 14.1. The van der Waals surface area contributed by atoms with Gasteiger partial charge in [0.05, 0.1) is 10.7 Å². The van der Waals surface area contributed by atoms with Gasteiger partial charge in [0.15, 0.2) is 0 Å². The van der Waals surface area contributed by atoms with E-state index in [2.05, 4.69) is 38.4 Å². The molecule has 0 aliphatic rings. The van der Waals surface area contributed by atoms with E-state index >= 15 is 0 Å². The molecule has 0 fully saturated rings. The predicted molar refractivity (Wildman–Crippen MR) is 87.5 cm³/mol. The van der Waals surface area contributed by atoms with Crippen molar-refractivity contribution in [3.8, 4) is 0 Å². The van der Waals surface area contributed by atoms with Gasteiger partial charge in [-0.1, -0.05) is 26.8 Å². The van der Waals surface area contributed by atoms with Crippen molar-refractivity contribution in [2.75, 3.05) is 7.05 Å². The summed E-state index contributed by atoms with van der Waals surface area (Å²) < 4.78 is 13.6. The first kappa shape index (κ1) is 16.1. The highest BCUT2D eigenvalue weighted by molar-refractivity contribution is 7.09. The number of hydrogen-bond donors (Lipinski definition) is 1. The number of thiazole rings is 1. The van der Waals surface area contributed by atoms with Crippen LogP contribution in [0.1, 0.15) is 55.6 Å². The summed E-state index contributed by atoms with van der Waals surface area (Å²) in [6.07, 6.45) is 0.680. The fraction of sp³-hybridized carbons (Fsp3) is 0.471. The van der Waals surface area contributed by atoms with Gasteiger partial charge in [-0.15, -0.1) is 11.3 Å². The Hall–Kier alpha value is -1.26. The van der Waals surface area contributed by atoms with Gasteiger partial charge in [0.25, 0.3) is 0 Å². The molecule has 1 heterocycles. The van der Waals surface area contributed by atoms with Crippen LogP contribution < -0.4 is 5.32 Å². The molecule has 2 nitrogen and oxygen atoms in total. The van der Waals surface area contributed by atoms with E-state index in [-0.39, 0.29) is 17.3 Å². The third-order valence-electron chi connectivity index (χ3n) is 3.67. The van der Waals surface area contributed by atoms with Crippen LogP contribution in [0, 0.1) is 5.82 Å². The van der Waals surface area contributed by atoms with Crippen LogP contribution >= 0.6 is 11.3 Å². The molecule has 114 valence electrons. The maximum Gasteiger partial charge on any atom is 0.123 e. The maximum atomic E-state index is 13.6. The lowest BCUT2D eigenvalue weighted by atomic mass is 9.93. The second-order valence-electron chi connectivity index (χ2n) is 6.41. The van der Waals surface area contributed by atoms with Gasteiger partial charge in [0.1, 0.15) is 5.82 Å². The first-order chi connectivity index (χ1) is 9.81. The van der Waals surface area contributed by atoms with Gasteiger partial charge in [-0.3, -0.25) is 0 Å². The molecule has 21 heavy (non-hydrogen) atoms. The number of benzene rings is 1. The van der Waals surface area contributed by atoms with Crippen molar-refractivity contribution in [1.29, 1.82) is 0 Å². The van der Waals surface area contributed by atoms with Crippen molar-refractivity contribution < 1.29 is 4.39 Å². The van der Waals surface area contributed by atoms with Crippen LogP contribution in [0.3, 0.4) is 0 Å². The van der Waals surface area contributed by atoms with Crippen molar-refractivity contribution in [1.82, 2.24) is 10.3 Å². The highest BCUT2D eigenvalue weighted by atomic mass is 32.1. The quantitative estimate of drug-likeness (QED) is 0.902. The van der Waals surface area contributed by atoms with E-state index in [1.807, 2.05) is 13.1 Å². The van der Waals surface area contributed by atoms with E-state index < -0.39 is 0 Å². The van der Waals surface area contributed by atoms with Crippen molar-refractivity contribution in [2.45, 2.75) is 45.6 Å². The van der Waals surface area contributed by atoms with Gasteiger partial charge < -0.3 is 5.32 Å². The van der Waals surface area contributed by atoms with Gasteiger partial charge >= 0.3 is 0 Å². The minimum atomic E-state index is -0.190. The molecular formula is C17H23FN2S.